The van der Waals surface area contributed by atoms with Gasteiger partial charge in [-0.05, 0) is 18.2 Å². The maximum absolute atomic E-state index is 12.6. The highest BCUT2D eigenvalue weighted by molar-refractivity contribution is 7.60. The highest BCUT2D eigenvalue weighted by atomic mass is 35.5. The minimum Gasteiger partial charge on any atom is -0.297 e. The van der Waals surface area contributed by atoms with Crippen molar-refractivity contribution in [1.29, 1.82) is 0 Å². The first-order valence-electron chi connectivity index (χ1n) is 4.92. The Morgan fingerprint density at radius 2 is 1.89 bits per heavy atom. The fraction of sp³-hybridized carbons (Fsp3) is 0.333. The fourth-order valence-corrected chi connectivity index (χ4v) is 2.76. The van der Waals surface area contributed by atoms with Gasteiger partial charge in [-0.2, -0.15) is 13.2 Å². The van der Waals surface area contributed by atoms with E-state index in [1.165, 1.54) is 6.07 Å². The Labute approximate surface area is 118 Å². The summed E-state index contributed by atoms with van der Waals surface area (Å²) in [5.41, 5.74) is 9.59. The van der Waals surface area contributed by atoms with E-state index in [4.69, 9.17) is 34.2 Å². The molecule has 0 aliphatic heterocycles. The molecule has 0 fully saturated rings. The standard InChI is InChI=1S/C9H11Cl2F3N3OP/c10-8(11)5-17(19(15,16)18)7-3-1-2-6(4-7)9(12,13)14/h1-4,8H,5H2,(H4,15,16,18). The zero-order valence-corrected chi connectivity index (χ0v) is 11.8. The van der Waals surface area contributed by atoms with E-state index in [0.717, 1.165) is 22.9 Å². The molecule has 19 heavy (non-hydrogen) atoms. The van der Waals surface area contributed by atoms with Crippen LogP contribution in [0.4, 0.5) is 18.9 Å². The highest BCUT2D eigenvalue weighted by Crippen LogP contribution is 2.40. The van der Waals surface area contributed by atoms with Crippen molar-refractivity contribution in [3.63, 3.8) is 0 Å². The van der Waals surface area contributed by atoms with Crippen molar-refractivity contribution in [3.8, 4) is 0 Å². The molecule has 0 aliphatic carbocycles. The Morgan fingerprint density at radius 3 is 2.32 bits per heavy atom. The van der Waals surface area contributed by atoms with E-state index in [9.17, 15) is 17.7 Å². The third-order valence-electron chi connectivity index (χ3n) is 2.16. The van der Waals surface area contributed by atoms with Gasteiger partial charge < -0.3 is 0 Å². The summed E-state index contributed by atoms with van der Waals surface area (Å²) in [6.45, 7) is -0.255. The number of alkyl halides is 5. The molecular formula is C9H11Cl2F3N3OP. The van der Waals surface area contributed by atoms with E-state index in [2.05, 4.69) is 0 Å². The van der Waals surface area contributed by atoms with Crippen LogP contribution in [0.2, 0.25) is 0 Å². The molecule has 4 N–H and O–H groups in total. The summed E-state index contributed by atoms with van der Waals surface area (Å²) in [6, 6.07) is 4.09. The van der Waals surface area contributed by atoms with Gasteiger partial charge in [-0.3, -0.25) is 20.2 Å². The quantitative estimate of drug-likeness (QED) is 0.653. The van der Waals surface area contributed by atoms with Crippen molar-refractivity contribution >= 4 is 36.5 Å². The maximum atomic E-state index is 12.6. The summed E-state index contributed by atoms with van der Waals surface area (Å²) in [7, 11) is -3.83. The number of benzene rings is 1. The first-order chi connectivity index (χ1) is 8.51. The monoisotopic (exact) mass is 335 g/mol. The predicted molar refractivity (Wildman–Crippen MR) is 70.3 cm³/mol. The number of hydrogen-bond acceptors (Lipinski definition) is 1. The SMILES string of the molecule is NP(N)(=O)N(CC(Cl)Cl)c1cccc(C(F)(F)F)c1. The molecule has 0 radical (unpaired) electrons. The third-order valence-corrected chi connectivity index (χ3v) is 3.58. The van der Waals surface area contributed by atoms with Gasteiger partial charge in [-0.1, -0.05) is 6.07 Å². The average molecular weight is 336 g/mol. The Balaban J connectivity index is 3.21. The Morgan fingerprint density at radius 1 is 1.32 bits per heavy atom. The molecular weight excluding hydrogens is 325 g/mol. The van der Waals surface area contributed by atoms with Crippen molar-refractivity contribution < 1.29 is 17.7 Å². The zero-order valence-electron chi connectivity index (χ0n) is 9.44. The smallest absolute Gasteiger partial charge is 0.297 e. The summed E-state index contributed by atoms with van der Waals surface area (Å²) in [5, 5.41) is 0. The summed E-state index contributed by atoms with van der Waals surface area (Å²) in [4.78, 5) is -1.00. The molecule has 1 rings (SSSR count). The number of halogens is 5. The molecule has 0 aromatic heterocycles. The van der Waals surface area contributed by atoms with Gasteiger partial charge in [-0.15, -0.1) is 23.2 Å². The number of rotatable bonds is 4. The summed E-state index contributed by atoms with van der Waals surface area (Å²) < 4.78 is 50.3. The second-order valence-electron chi connectivity index (χ2n) is 3.69. The van der Waals surface area contributed by atoms with E-state index in [1.54, 1.807) is 0 Å². The first kappa shape index (κ1) is 16.6. The molecule has 108 valence electrons. The number of nitrogens with two attached hydrogens (primary N) is 2. The first-order valence-corrected chi connectivity index (χ1v) is 7.59. The molecule has 0 atom stereocenters. The lowest BCUT2D eigenvalue weighted by Gasteiger charge is -2.28. The van der Waals surface area contributed by atoms with Crippen molar-refractivity contribution in [1.82, 2.24) is 0 Å². The van der Waals surface area contributed by atoms with Crippen LogP contribution in [0.5, 0.6) is 0 Å². The van der Waals surface area contributed by atoms with Crippen LogP contribution >= 0.6 is 30.8 Å². The van der Waals surface area contributed by atoms with Crippen LogP contribution in [0, 0.1) is 0 Å². The van der Waals surface area contributed by atoms with Crippen LogP contribution in [0.1, 0.15) is 5.56 Å². The van der Waals surface area contributed by atoms with E-state index in [0.29, 0.717) is 0 Å². The van der Waals surface area contributed by atoms with Crippen LogP contribution in [0.15, 0.2) is 24.3 Å². The molecule has 0 unspecified atom stereocenters. The molecule has 10 heteroatoms. The van der Waals surface area contributed by atoms with E-state index < -0.39 is 24.2 Å². The molecule has 0 bridgehead atoms. The lowest BCUT2D eigenvalue weighted by atomic mass is 10.2. The van der Waals surface area contributed by atoms with Crippen LogP contribution in [0.3, 0.4) is 0 Å². The van der Waals surface area contributed by atoms with Gasteiger partial charge in [0.2, 0.25) is 0 Å². The Bertz CT molecular complexity index is 492. The molecule has 0 heterocycles. The minimum absolute atomic E-state index is 0.0607. The molecule has 0 saturated carbocycles. The minimum atomic E-state index is -4.53. The molecule has 0 saturated heterocycles. The zero-order chi connectivity index (χ0) is 14.8. The van der Waals surface area contributed by atoms with Gasteiger partial charge >= 0.3 is 13.8 Å². The Hall–Kier alpha value is -0.460. The second kappa shape index (κ2) is 5.89. The fourth-order valence-electron chi connectivity index (χ4n) is 1.39. The summed E-state index contributed by atoms with van der Waals surface area (Å²) >= 11 is 11.1. The van der Waals surface area contributed by atoms with Gasteiger partial charge in [0.1, 0.15) is 4.84 Å². The van der Waals surface area contributed by atoms with Crippen molar-refractivity contribution in [3.05, 3.63) is 29.8 Å². The summed E-state index contributed by atoms with van der Waals surface area (Å²) in [6.07, 6.45) is -4.53. The molecule has 1 aromatic rings. The van der Waals surface area contributed by atoms with Crippen LogP contribution in [-0.4, -0.2) is 11.4 Å². The molecule has 4 nitrogen and oxygen atoms in total. The molecule has 0 amide bonds. The lowest BCUT2D eigenvalue weighted by molar-refractivity contribution is -0.137. The number of anilines is 1. The van der Waals surface area contributed by atoms with Gasteiger partial charge in [0.15, 0.2) is 0 Å². The predicted octanol–water partition coefficient (Wildman–Crippen LogP) is 3.34. The number of nitrogens with zero attached hydrogens (tertiary/aromatic N) is 1. The lowest BCUT2D eigenvalue weighted by Crippen LogP contribution is -2.32. The highest BCUT2D eigenvalue weighted by Gasteiger charge is 2.32. The number of hydrogen-bond donors (Lipinski definition) is 2. The van der Waals surface area contributed by atoms with E-state index >= 15 is 0 Å². The topological polar surface area (TPSA) is 72.3 Å². The van der Waals surface area contributed by atoms with E-state index in [1.807, 2.05) is 0 Å². The van der Waals surface area contributed by atoms with E-state index in [-0.39, 0.29) is 12.2 Å². The van der Waals surface area contributed by atoms with Crippen molar-refractivity contribution in [2.75, 3.05) is 11.2 Å². The summed E-state index contributed by atoms with van der Waals surface area (Å²) in [5.74, 6) is 0. The largest absolute Gasteiger partial charge is 0.416 e. The van der Waals surface area contributed by atoms with Gasteiger partial charge in [0, 0.05) is 5.69 Å². The molecule has 1 aromatic carbocycles. The molecule has 0 aliphatic rings. The molecule has 0 spiro atoms. The Kier molecular flexibility index (Phi) is 5.15. The third kappa shape index (κ3) is 4.85. The van der Waals surface area contributed by atoms with Crippen LogP contribution < -0.4 is 15.7 Å². The van der Waals surface area contributed by atoms with Crippen molar-refractivity contribution in [2.45, 2.75) is 11.0 Å². The normalized spacial score (nSPS) is 12.8. The average Bonchev–Trinajstić information content (AvgIpc) is 2.23. The van der Waals surface area contributed by atoms with Crippen molar-refractivity contribution in [2.24, 2.45) is 11.0 Å². The maximum Gasteiger partial charge on any atom is 0.416 e. The second-order valence-corrected chi connectivity index (χ2v) is 6.80. The van der Waals surface area contributed by atoms with Gasteiger partial charge in [0.05, 0.1) is 12.1 Å². The van der Waals surface area contributed by atoms with Gasteiger partial charge in [-0.25, -0.2) is 0 Å². The van der Waals surface area contributed by atoms with Gasteiger partial charge in [0.25, 0.3) is 0 Å². The van der Waals surface area contributed by atoms with Crippen LogP contribution in [0.25, 0.3) is 0 Å². The van der Waals surface area contributed by atoms with Crippen LogP contribution in [-0.2, 0) is 10.7 Å².